The zero-order chi connectivity index (χ0) is 18.4. The molecule has 2 aromatic carbocycles. The highest BCUT2D eigenvalue weighted by Gasteiger charge is 2.14. The van der Waals surface area contributed by atoms with Gasteiger partial charge in [0.2, 0.25) is 0 Å². The van der Waals surface area contributed by atoms with Crippen LogP contribution in [0.25, 0.3) is 0 Å². The average molecular weight is 380 g/mol. The van der Waals surface area contributed by atoms with Crippen LogP contribution in [0.3, 0.4) is 0 Å². The maximum Gasteiger partial charge on any atom is 0.289 e. The van der Waals surface area contributed by atoms with Crippen LogP contribution < -0.4 is 15.4 Å². The summed E-state index contributed by atoms with van der Waals surface area (Å²) in [6.45, 7) is 1.70. The van der Waals surface area contributed by atoms with Crippen molar-refractivity contribution in [3.05, 3.63) is 63.2 Å². The molecule has 25 heavy (non-hydrogen) atoms. The normalized spacial score (nSPS) is 10.0. The highest BCUT2D eigenvalue weighted by Crippen LogP contribution is 2.27. The molecule has 0 fully saturated rings. The Morgan fingerprint density at radius 1 is 1.32 bits per heavy atom. The maximum atomic E-state index is 11.8. The van der Waals surface area contributed by atoms with E-state index in [2.05, 4.69) is 10.6 Å². The molecule has 1 amide bonds. The van der Waals surface area contributed by atoms with Crippen LogP contribution in [0.5, 0.6) is 5.75 Å². The molecule has 130 valence electrons. The van der Waals surface area contributed by atoms with Crippen molar-refractivity contribution in [1.29, 1.82) is 0 Å². The molecule has 0 spiro atoms. The van der Waals surface area contributed by atoms with Gasteiger partial charge in [0, 0.05) is 11.8 Å². The molecule has 2 N–H and O–H groups in total. The number of benzene rings is 2. The Morgan fingerprint density at radius 3 is 2.76 bits per heavy atom. The van der Waals surface area contributed by atoms with E-state index in [9.17, 15) is 14.9 Å². The van der Waals surface area contributed by atoms with Gasteiger partial charge in [-0.2, -0.15) is 0 Å². The summed E-state index contributed by atoms with van der Waals surface area (Å²) in [4.78, 5) is 22.1. The molecule has 0 saturated carbocycles. The number of ether oxygens (including phenoxy) is 1. The lowest BCUT2D eigenvalue weighted by Gasteiger charge is -2.11. The molecule has 0 aliphatic rings. The van der Waals surface area contributed by atoms with Crippen molar-refractivity contribution < 1.29 is 14.5 Å². The molecule has 0 bridgehead atoms. The number of aryl methyl sites for hydroxylation is 1. The number of carbonyl (C=O) groups is 1. The van der Waals surface area contributed by atoms with Crippen LogP contribution in [0.4, 0.5) is 11.4 Å². The molecule has 0 heterocycles. The van der Waals surface area contributed by atoms with E-state index < -0.39 is 10.8 Å². The van der Waals surface area contributed by atoms with Crippen LogP contribution in [0.15, 0.2) is 42.5 Å². The van der Waals surface area contributed by atoms with Crippen molar-refractivity contribution in [3.63, 3.8) is 0 Å². The number of nitro benzene ring substituents is 1. The van der Waals surface area contributed by atoms with Crippen LogP contribution in [-0.2, 0) is 4.79 Å². The van der Waals surface area contributed by atoms with Gasteiger partial charge < -0.3 is 10.1 Å². The highest BCUT2D eigenvalue weighted by molar-refractivity contribution is 7.80. The van der Waals surface area contributed by atoms with Gasteiger partial charge in [0.15, 0.2) is 11.7 Å². The number of anilines is 1. The molecule has 0 radical (unpaired) electrons. The topological polar surface area (TPSA) is 93.5 Å². The fourth-order valence-corrected chi connectivity index (χ4v) is 2.33. The van der Waals surface area contributed by atoms with Crippen LogP contribution >= 0.6 is 23.8 Å². The van der Waals surface area contributed by atoms with Crippen LogP contribution in [0, 0.1) is 17.0 Å². The molecule has 0 saturated heterocycles. The van der Waals surface area contributed by atoms with E-state index in [1.807, 2.05) is 19.1 Å². The van der Waals surface area contributed by atoms with Crippen LogP contribution in [0.1, 0.15) is 5.56 Å². The number of nitrogens with one attached hydrogen (secondary N) is 2. The summed E-state index contributed by atoms with van der Waals surface area (Å²) in [6, 6.07) is 11.4. The molecule has 2 rings (SSSR count). The Balaban J connectivity index is 1.88. The average Bonchev–Trinajstić information content (AvgIpc) is 2.54. The molecule has 2 aromatic rings. The molecule has 0 aliphatic heterocycles. The largest absolute Gasteiger partial charge is 0.484 e. The second-order valence-corrected chi connectivity index (χ2v) is 5.85. The fraction of sp³-hybridized carbons (Fsp3) is 0.125. The molecule has 9 heteroatoms. The molecular weight excluding hydrogens is 366 g/mol. The molecule has 0 atom stereocenters. The Kier molecular flexibility index (Phi) is 6.26. The van der Waals surface area contributed by atoms with Gasteiger partial charge in [-0.15, -0.1) is 0 Å². The van der Waals surface area contributed by atoms with Gasteiger partial charge in [-0.05, 0) is 49.0 Å². The molecule has 0 aliphatic carbocycles. The van der Waals surface area contributed by atoms with Crippen molar-refractivity contribution >= 4 is 46.2 Å². The summed E-state index contributed by atoms with van der Waals surface area (Å²) in [5, 5.41) is 16.0. The van der Waals surface area contributed by atoms with Crippen molar-refractivity contribution in [2.75, 3.05) is 11.9 Å². The first-order valence-electron chi connectivity index (χ1n) is 7.09. The third-order valence-electron chi connectivity index (χ3n) is 3.01. The molecule has 7 nitrogen and oxygen atoms in total. The van der Waals surface area contributed by atoms with Gasteiger partial charge in [0.25, 0.3) is 11.6 Å². The fourth-order valence-electron chi connectivity index (χ4n) is 1.91. The van der Waals surface area contributed by atoms with E-state index >= 15 is 0 Å². The monoisotopic (exact) mass is 379 g/mol. The Bertz CT molecular complexity index is 829. The second kappa shape index (κ2) is 8.41. The van der Waals surface area contributed by atoms with E-state index in [4.69, 9.17) is 28.6 Å². The summed E-state index contributed by atoms with van der Waals surface area (Å²) in [6.07, 6.45) is 0. The number of amides is 1. The first-order chi connectivity index (χ1) is 11.8. The summed E-state index contributed by atoms with van der Waals surface area (Å²) in [5.41, 5.74) is 1.09. The number of nitrogens with zero attached hydrogens (tertiary/aromatic N) is 1. The van der Waals surface area contributed by atoms with Crippen LogP contribution in [-0.4, -0.2) is 22.5 Å². The summed E-state index contributed by atoms with van der Waals surface area (Å²) in [5.74, 6) is 0.116. The highest BCUT2D eigenvalue weighted by atomic mass is 35.5. The minimum Gasteiger partial charge on any atom is -0.484 e. The Labute approximate surface area is 154 Å². The van der Waals surface area contributed by atoms with Crippen LogP contribution in [0.2, 0.25) is 5.02 Å². The smallest absolute Gasteiger partial charge is 0.289 e. The zero-order valence-electron chi connectivity index (χ0n) is 13.1. The lowest BCUT2D eigenvalue weighted by Crippen LogP contribution is -2.37. The maximum absolute atomic E-state index is 11.8. The number of rotatable bonds is 5. The second-order valence-electron chi connectivity index (χ2n) is 5.03. The summed E-state index contributed by atoms with van der Waals surface area (Å²) >= 11 is 10.7. The van der Waals surface area contributed by atoms with Crippen molar-refractivity contribution in [2.24, 2.45) is 0 Å². The predicted molar refractivity (Wildman–Crippen MR) is 99.1 cm³/mol. The minimum atomic E-state index is -0.606. The van der Waals surface area contributed by atoms with E-state index in [0.717, 1.165) is 5.56 Å². The van der Waals surface area contributed by atoms with Gasteiger partial charge in [-0.1, -0.05) is 23.7 Å². The number of carbonyl (C=O) groups excluding carboxylic acids is 1. The third-order valence-corrected chi connectivity index (χ3v) is 3.54. The first-order valence-corrected chi connectivity index (χ1v) is 7.88. The quantitative estimate of drug-likeness (QED) is 0.469. The molecule has 0 aromatic heterocycles. The van der Waals surface area contributed by atoms with Crippen molar-refractivity contribution in [1.82, 2.24) is 5.32 Å². The zero-order valence-corrected chi connectivity index (χ0v) is 14.7. The Morgan fingerprint density at radius 2 is 2.08 bits per heavy atom. The SMILES string of the molecule is Cc1cccc(OCC(=O)NC(=S)Nc2ccc(Cl)c([N+](=O)[O-])c2)c1. The van der Waals surface area contributed by atoms with Gasteiger partial charge in [0.1, 0.15) is 10.8 Å². The predicted octanol–water partition coefficient (Wildman–Crippen LogP) is 3.45. The lowest BCUT2D eigenvalue weighted by atomic mass is 10.2. The third kappa shape index (κ3) is 5.70. The van der Waals surface area contributed by atoms with E-state index in [1.165, 1.54) is 18.2 Å². The standard InChI is InChI=1S/C16H14ClN3O4S/c1-10-3-2-4-12(7-10)24-9-15(21)19-16(25)18-11-5-6-13(17)14(8-11)20(22)23/h2-8H,9H2,1H3,(H2,18,19,21,25). The number of thiocarbonyl (C=S) groups is 1. The van der Waals surface area contributed by atoms with Gasteiger partial charge in [-0.25, -0.2) is 0 Å². The number of halogens is 1. The van der Waals surface area contributed by atoms with E-state index in [0.29, 0.717) is 11.4 Å². The minimum absolute atomic E-state index is 0.00513. The van der Waals surface area contributed by atoms with Crippen molar-refractivity contribution in [3.8, 4) is 5.75 Å². The van der Waals surface area contributed by atoms with Gasteiger partial charge in [-0.3, -0.25) is 20.2 Å². The summed E-state index contributed by atoms with van der Waals surface area (Å²) < 4.78 is 5.36. The van der Waals surface area contributed by atoms with Gasteiger partial charge >= 0.3 is 0 Å². The first kappa shape index (κ1) is 18.6. The van der Waals surface area contributed by atoms with Gasteiger partial charge in [0.05, 0.1) is 4.92 Å². The van der Waals surface area contributed by atoms with Crippen molar-refractivity contribution in [2.45, 2.75) is 6.92 Å². The molecule has 0 unspecified atom stereocenters. The van der Waals surface area contributed by atoms with E-state index in [-0.39, 0.29) is 22.4 Å². The Hall–Kier alpha value is -2.71. The summed E-state index contributed by atoms with van der Waals surface area (Å²) in [7, 11) is 0. The number of hydrogen-bond acceptors (Lipinski definition) is 5. The number of nitro groups is 1. The molecular formula is C16H14ClN3O4S. The van der Waals surface area contributed by atoms with E-state index in [1.54, 1.807) is 12.1 Å². The number of hydrogen-bond donors (Lipinski definition) is 2. The lowest BCUT2D eigenvalue weighted by molar-refractivity contribution is -0.384.